The smallest absolute Gasteiger partial charge is 0.387 e. The SMILES string of the molecule is CCCOc1ccc(CN=C(NCC)NCc2ncccc2C)c(OC(F)F)c1.I. The van der Waals surface area contributed by atoms with Crippen LogP contribution >= 0.6 is 24.0 Å². The van der Waals surface area contributed by atoms with Gasteiger partial charge in [0.05, 0.1) is 25.4 Å². The summed E-state index contributed by atoms with van der Waals surface area (Å²) in [6, 6.07) is 8.78. The van der Waals surface area contributed by atoms with Crippen molar-refractivity contribution in [2.75, 3.05) is 13.2 Å². The lowest BCUT2D eigenvalue weighted by Gasteiger charge is -2.14. The molecule has 0 radical (unpaired) electrons. The highest BCUT2D eigenvalue weighted by Gasteiger charge is 2.12. The van der Waals surface area contributed by atoms with E-state index in [2.05, 4.69) is 25.3 Å². The first-order valence-corrected chi connectivity index (χ1v) is 9.66. The molecule has 0 spiro atoms. The summed E-state index contributed by atoms with van der Waals surface area (Å²) in [6.45, 7) is 4.84. The van der Waals surface area contributed by atoms with Crippen molar-refractivity contribution in [2.24, 2.45) is 4.99 Å². The molecule has 2 rings (SSSR count). The molecule has 0 amide bonds. The number of alkyl halides is 2. The second kappa shape index (κ2) is 13.9. The Kier molecular flexibility index (Phi) is 12.0. The number of aromatic nitrogens is 1. The molecule has 0 unspecified atom stereocenters. The van der Waals surface area contributed by atoms with Gasteiger partial charge < -0.3 is 20.1 Å². The first-order valence-electron chi connectivity index (χ1n) is 9.66. The van der Waals surface area contributed by atoms with Crippen LogP contribution < -0.4 is 20.1 Å². The molecule has 0 saturated heterocycles. The van der Waals surface area contributed by atoms with E-state index < -0.39 is 6.61 Å². The summed E-state index contributed by atoms with van der Waals surface area (Å²) in [5.74, 6) is 1.12. The van der Waals surface area contributed by atoms with Gasteiger partial charge in [-0.05, 0) is 44.0 Å². The van der Waals surface area contributed by atoms with Crippen LogP contribution in [0.15, 0.2) is 41.5 Å². The molecule has 0 aliphatic rings. The number of hydrogen-bond donors (Lipinski definition) is 2. The summed E-state index contributed by atoms with van der Waals surface area (Å²) in [6.07, 6.45) is 2.56. The molecule has 1 aromatic carbocycles. The van der Waals surface area contributed by atoms with Crippen LogP contribution in [-0.4, -0.2) is 30.7 Å². The Morgan fingerprint density at radius 3 is 2.67 bits per heavy atom. The van der Waals surface area contributed by atoms with E-state index in [4.69, 9.17) is 4.74 Å². The maximum Gasteiger partial charge on any atom is 0.387 e. The summed E-state index contributed by atoms with van der Waals surface area (Å²) < 4.78 is 35.8. The van der Waals surface area contributed by atoms with Crippen LogP contribution in [-0.2, 0) is 13.1 Å². The normalized spacial score (nSPS) is 11.1. The van der Waals surface area contributed by atoms with E-state index in [9.17, 15) is 8.78 Å². The summed E-state index contributed by atoms with van der Waals surface area (Å²) in [5.41, 5.74) is 2.53. The van der Waals surface area contributed by atoms with Crippen LogP contribution in [0.5, 0.6) is 11.5 Å². The summed E-state index contributed by atoms with van der Waals surface area (Å²) in [7, 11) is 0. The number of aryl methyl sites for hydroxylation is 1. The lowest BCUT2D eigenvalue weighted by Crippen LogP contribution is -2.37. The Labute approximate surface area is 193 Å². The van der Waals surface area contributed by atoms with Crippen molar-refractivity contribution in [1.29, 1.82) is 0 Å². The molecule has 0 atom stereocenters. The first-order chi connectivity index (χ1) is 14.0. The number of benzene rings is 1. The van der Waals surface area contributed by atoms with Gasteiger partial charge in [-0.3, -0.25) is 4.98 Å². The zero-order valence-electron chi connectivity index (χ0n) is 17.5. The number of pyridine rings is 1. The predicted octanol–water partition coefficient (Wildman–Crippen LogP) is 4.65. The van der Waals surface area contributed by atoms with Crippen molar-refractivity contribution < 1.29 is 18.3 Å². The van der Waals surface area contributed by atoms with E-state index in [1.54, 1.807) is 18.3 Å². The molecular formula is C21H29F2IN4O2. The summed E-state index contributed by atoms with van der Waals surface area (Å²) >= 11 is 0. The third kappa shape index (κ3) is 8.68. The first kappa shape index (κ1) is 25.9. The molecule has 1 aromatic heterocycles. The standard InChI is InChI=1S/C21H28F2N4O2.HI/c1-4-11-28-17-9-8-16(19(12-17)29-20(22)23)13-26-21(24-5-2)27-14-18-15(3)7-6-10-25-18;/h6-10,12,20H,4-5,11,13-14H2,1-3H3,(H2,24,26,27);1H. The van der Waals surface area contributed by atoms with Crippen LogP contribution in [0.25, 0.3) is 0 Å². The minimum absolute atomic E-state index is 0. The number of nitrogens with zero attached hydrogens (tertiary/aromatic N) is 2. The molecular weight excluding hydrogens is 505 g/mol. The number of rotatable bonds is 10. The van der Waals surface area contributed by atoms with E-state index in [0.29, 0.717) is 37.0 Å². The molecule has 0 saturated carbocycles. The minimum atomic E-state index is -2.92. The van der Waals surface area contributed by atoms with E-state index in [0.717, 1.165) is 17.7 Å². The maximum atomic E-state index is 12.8. The second-order valence-electron chi connectivity index (χ2n) is 6.31. The maximum absolute atomic E-state index is 12.8. The molecule has 166 valence electrons. The molecule has 0 aliphatic carbocycles. The van der Waals surface area contributed by atoms with Gasteiger partial charge in [0, 0.05) is 24.4 Å². The lowest BCUT2D eigenvalue weighted by molar-refractivity contribution is -0.0505. The number of ether oxygens (including phenoxy) is 2. The fourth-order valence-corrected chi connectivity index (χ4v) is 2.56. The van der Waals surface area contributed by atoms with Crippen LogP contribution in [0.4, 0.5) is 8.78 Å². The molecule has 0 fully saturated rings. The van der Waals surface area contributed by atoms with Gasteiger partial charge in [-0.25, -0.2) is 4.99 Å². The lowest BCUT2D eigenvalue weighted by atomic mass is 10.2. The Bertz CT molecular complexity index is 806. The molecule has 2 aromatic rings. The summed E-state index contributed by atoms with van der Waals surface area (Å²) in [4.78, 5) is 8.84. The molecule has 6 nitrogen and oxygen atoms in total. The van der Waals surface area contributed by atoms with Crippen molar-refractivity contribution >= 4 is 29.9 Å². The number of aliphatic imine (C=N–C) groups is 1. The Balaban J connectivity index is 0.00000450. The highest BCUT2D eigenvalue weighted by molar-refractivity contribution is 14.0. The average molecular weight is 534 g/mol. The van der Waals surface area contributed by atoms with Gasteiger partial charge in [0.2, 0.25) is 0 Å². The zero-order valence-corrected chi connectivity index (χ0v) is 19.8. The van der Waals surface area contributed by atoms with Crippen molar-refractivity contribution in [2.45, 2.75) is 46.9 Å². The van der Waals surface area contributed by atoms with Crippen molar-refractivity contribution in [3.63, 3.8) is 0 Å². The highest BCUT2D eigenvalue weighted by Crippen LogP contribution is 2.27. The molecule has 0 aliphatic heterocycles. The Morgan fingerprint density at radius 1 is 1.20 bits per heavy atom. The van der Waals surface area contributed by atoms with Crippen molar-refractivity contribution in [1.82, 2.24) is 15.6 Å². The zero-order chi connectivity index (χ0) is 21.1. The minimum Gasteiger partial charge on any atom is -0.493 e. The van der Waals surface area contributed by atoms with Gasteiger partial charge in [0.15, 0.2) is 5.96 Å². The van der Waals surface area contributed by atoms with E-state index in [1.807, 2.05) is 32.9 Å². The van der Waals surface area contributed by atoms with E-state index in [-0.39, 0.29) is 36.3 Å². The van der Waals surface area contributed by atoms with Gasteiger partial charge in [-0.2, -0.15) is 8.78 Å². The topological polar surface area (TPSA) is 67.8 Å². The third-order valence-corrected chi connectivity index (χ3v) is 4.02. The number of halogens is 3. The Morgan fingerprint density at radius 2 is 2.00 bits per heavy atom. The molecule has 2 N–H and O–H groups in total. The van der Waals surface area contributed by atoms with Crippen LogP contribution in [0.2, 0.25) is 0 Å². The monoisotopic (exact) mass is 534 g/mol. The van der Waals surface area contributed by atoms with Crippen LogP contribution in [0, 0.1) is 6.92 Å². The fraction of sp³-hybridized carbons (Fsp3) is 0.429. The van der Waals surface area contributed by atoms with Crippen molar-refractivity contribution in [3.05, 3.63) is 53.3 Å². The number of hydrogen-bond acceptors (Lipinski definition) is 4. The van der Waals surface area contributed by atoms with Gasteiger partial charge in [-0.1, -0.05) is 13.0 Å². The molecule has 9 heteroatoms. The third-order valence-electron chi connectivity index (χ3n) is 4.02. The number of guanidine groups is 1. The number of nitrogens with one attached hydrogen (secondary N) is 2. The van der Waals surface area contributed by atoms with E-state index >= 15 is 0 Å². The predicted molar refractivity (Wildman–Crippen MR) is 125 cm³/mol. The van der Waals surface area contributed by atoms with Gasteiger partial charge in [0.1, 0.15) is 11.5 Å². The average Bonchev–Trinajstić information content (AvgIpc) is 2.70. The van der Waals surface area contributed by atoms with Crippen LogP contribution in [0.3, 0.4) is 0 Å². The largest absolute Gasteiger partial charge is 0.493 e. The quantitative estimate of drug-likeness (QED) is 0.264. The van der Waals surface area contributed by atoms with Gasteiger partial charge in [0.25, 0.3) is 0 Å². The highest BCUT2D eigenvalue weighted by atomic mass is 127. The van der Waals surface area contributed by atoms with E-state index in [1.165, 1.54) is 6.07 Å². The second-order valence-corrected chi connectivity index (χ2v) is 6.31. The van der Waals surface area contributed by atoms with Crippen molar-refractivity contribution in [3.8, 4) is 11.5 Å². The Hall–Kier alpha value is -2.17. The fourth-order valence-electron chi connectivity index (χ4n) is 2.56. The summed E-state index contributed by atoms with van der Waals surface area (Å²) in [5, 5.41) is 6.35. The molecule has 0 bridgehead atoms. The van der Waals surface area contributed by atoms with Gasteiger partial charge in [-0.15, -0.1) is 24.0 Å². The van der Waals surface area contributed by atoms with Gasteiger partial charge >= 0.3 is 6.61 Å². The molecule has 30 heavy (non-hydrogen) atoms. The molecule has 1 heterocycles. The van der Waals surface area contributed by atoms with Crippen LogP contribution in [0.1, 0.15) is 37.1 Å².